The molecule has 71 heavy (non-hydrogen) atoms. The molecule has 0 amide bonds. The third kappa shape index (κ3) is 15.9. The lowest BCUT2D eigenvalue weighted by molar-refractivity contribution is -0.401. The first-order valence-corrected chi connectivity index (χ1v) is 25.5. The predicted octanol–water partition coefficient (Wildman–Crippen LogP) is 9.90. The molecule has 0 bridgehead atoms. The Morgan fingerprint density at radius 2 is 1.21 bits per heavy atom. The Labute approximate surface area is 423 Å². The first kappa shape index (κ1) is 55.1. The lowest BCUT2D eigenvalue weighted by Crippen LogP contribution is -2.26. The standard InChI is InChI=1S/C55H72N3O12S/c1-54(2)46-14-7-9-16-48(46)56(5)50(54)24-18-42-12-11-13-43(19-25-51-55(3,4)47-15-8-10-17-49(47)57(51)6)52(42)71-41-40-68-37-36-66-33-32-64-29-28-62-26-27-63-30-31-65-34-35-67-38-39-69-53(59)70-45-22-20-44(21-23-45)58(60)61/h7-10,14-25H,11-13,26-41H2,1-6H3/q+1. The smallest absolute Gasteiger partial charge is 0.432 e. The van der Waals surface area contributed by atoms with Crippen LogP contribution >= 0.6 is 11.8 Å². The van der Waals surface area contributed by atoms with Crippen LogP contribution in [0.15, 0.2) is 119 Å². The van der Waals surface area contributed by atoms with Crippen LogP contribution in [0.2, 0.25) is 0 Å². The van der Waals surface area contributed by atoms with Crippen molar-refractivity contribution in [2.45, 2.75) is 57.8 Å². The molecule has 0 saturated carbocycles. The minimum absolute atomic E-state index is 0.00940. The van der Waals surface area contributed by atoms with Crippen molar-refractivity contribution in [3.63, 3.8) is 0 Å². The average molecular weight is 999 g/mol. The molecule has 0 N–H and O–H groups in total. The molecule has 3 aromatic rings. The number of likely N-dealkylation sites (N-methyl/N-ethyl adjacent to an activating group) is 1. The van der Waals surface area contributed by atoms with E-state index in [1.807, 2.05) is 11.8 Å². The summed E-state index contributed by atoms with van der Waals surface area (Å²) in [6, 6.07) is 22.6. The van der Waals surface area contributed by atoms with E-state index in [4.69, 9.17) is 42.6 Å². The highest BCUT2D eigenvalue weighted by molar-refractivity contribution is 8.03. The zero-order valence-electron chi connectivity index (χ0n) is 42.3. The second kappa shape index (κ2) is 28.2. The van der Waals surface area contributed by atoms with Crippen molar-refractivity contribution >= 4 is 40.7 Å². The molecule has 6 rings (SSSR count). The van der Waals surface area contributed by atoms with Gasteiger partial charge in [0.15, 0.2) is 5.71 Å². The lowest BCUT2D eigenvalue weighted by Gasteiger charge is -2.25. The summed E-state index contributed by atoms with van der Waals surface area (Å²) in [6.07, 6.45) is 11.7. The molecule has 0 saturated heterocycles. The number of rotatable bonds is 30. The number of hydrogen-bond donors (Lipinski definition) is 0. The van der Waals surface area contributed by atoms with E-state index in [0.717, 1.165) is 25.0 Å². The van der Waals surface area contributed by atoms with Crippen molar-refractivity contribution in [3.05, 3.63) is 140 Å². The molecule has 3 aliphatic rings. The number of non-ortho nitro benzene ring substituents is 1. The Kier molecular flexibility index (Phi) is 21.9. The summed E-state index contributed by atoms with van der Waals surface area (Å²) in [6.45, 7) is 15.4. The van der Waals surface area contributed by atoms with Gasteiger partial charge < -0.3 is 47.5 Å². The van der Waals surface area contributed by atoms with Gasteiger partial charge in [0, 0.05) is 64.3 Å². The van der Waals surface area contributed by atoms with Gasteiger partial charge in [0.1, 0.15) is 19.4 Å². The van der Waals surface area contributed by atoms with Crippen molar-refractivity contribution < 1.29 is 56.9 Å². The summed E-state index contributed by atoms with van der Waals surface area (Å²) in [5.41, 5.74) is 10.4. The fourth-order valence-electron chi connectivity index (χ4n) is 8.94. The lowest BCUT2D eigenvalue weighted by atomic mass is 9.81. The van der Waals surface area contributed by atoms with Crippen molar-refractivity contribution in [3.8, 4) is 5.75 Å². The van der Waals surface area contributed by atoms with Gasteiger partial charge in [-0.25, -0.2) is 4.79 Å². The van der Waals surface area contributed by atoms with E-state index in [9.17, 15) is 14.9 Å². The number of nitrogens with zero attached hydrogens (tertiary/aromatic N) is 3. The largest absolute Gasteiger partial charge is 0.513 e. The summed E-state index contributed by atoms with van der Waals surface area (Å²) in [4.78, 5) is 25.6. The number of para-hydroxylation sites is 2. The summed E-state index contributed by atoms with van der Waals surface area (Å²) < 4.78 is 51.6. The molecular weight excluding hydrogens is 927 g/mol. The minimum atomic E-state index is -0.925. The average Bonchev–Trinajstić information content (AvgIpc) is 3.68. The van der Waals surface area contributed by atoms with Crippen LogP contribution in [-0.4, -0.2) is 140 Å². The van der Waals surface area contributed by atoms with Gasteiger partial charge in [0.25, 0.3) is 5.69 Å². The zero-order valence-corrected chi connectivity index (χ0v) is 43.1. The Bertz CT molecular complexity index is 2370. The summed E-state index contributed by atoms with van der Waals surface area (Å²) in [5.74, 6) is 0.991. The van der Waals surface area contributed by atoms with E-state index >= 15 is 0 Å². The quantitative estimate of drug-likeness (QED) is 0.0156. The first-order valence-electron chi connectivity index (χ1n) is 24.5. The number of carbonyl (C=O) groups is 1. The maximum absolute atomic E-state index is 11.7. The van der Waals surface area contributed by atoms with E-state index in [-0.39, 0.29) is 35.5 Å². The Balaban J connectivity index is 0.803. The van der Waals surface area contributed by atoms with Gasteiger partial charge in [0.05, 0.1) is 103 Å². The van der Waals surface area contributed by atoms with Crippen LogP contribution in [0.3, 0.4) is 0 Å². The summed E-state index contributed by atoms with van der Waals surface area (Å²) in [7, 11) is 4.37. The number of allylic oxidation sites excluding steroid dienone is 7. The highest BCUT2D eigenvalue weighted by Crippen LogP contribution is 2.47. The van der Waals surface area contributed by atoms with Gasteiger partial charge in [-0.05, 0) is 74.1 Å². The van der Waals surface area contributed by atoms with Crippen molar-refractivity contribution in [1.29, 1.82) is 0 Å². The molecule has 15 nitrogen and oxygen atoms in total. The molecule has 384 valence electrons. The topological polar surface area (TPSA) is 150 Å². The molecule has 3 aromatic carbocycles. The highest BCUT2D eigenvalue weighted by Gasteiger charge is 2.43. The number of anilines is 1. The van der Waals surface area contributed by atoms with Crippen LogP contribution in [0, 0.1) is 10.1 Å². The fraction of sp³-hybridized carbons (Fsp3) is 0.491. The number of fused-ring (bicyclic) bond motifs is 2. The minimum Gasteiger partial charge on any atom is -0.432 e. The Hall–Kier alpha value is -5.17. The molecule has 1 aliphatic carbocycles. The van der Waals surface area contributed by atoms with Crippen LogP contribution in [0.25, 0.3) is 0 Å². The van der Waals surface area contributed by atoms with E-state index in [1.165, 1.54) is 74.2 Å². The zero-order chi connectivity index (χ0) is 50.5. The van der Waals surface area contributed by atoms with Crippen molar-refractivity contribution in [2.24, 2.45) is 0 Å². The molecule has 0 unspecified atom stereocenters. The fourth-order valence-corrected chi connectivity index (χ4v) is 10.1. The van der Waals surface area contributed by atoms with E-state index < -0.39 is 11.1 Å². The van der Waals surface area contributed by atoms with E-state index in [0.29, 0.717) is 85.9 Å². The van der Waals surface area contributed by atoms with Crippen molar-refractivity contribution in [2.75, 3.05) is 124 Å². The summed E-state index contributed by atoms with van der Waals surface area (Å²) in [5, 5.41) is 10.7. The van der Waals surface area contributed by atoms with E-state index in [2.05, 4.69) is 124 Å². The number of benzene rings is 3. The maximum Gasteiger partial charge on any atom is 0.513 e. The number of nitro groups is 1. The van der Waals surface area contributed by atoms with Crippen LogP contribution in [0.1, 0.15) is 58.1 Å². The van der Waals surface area contributed by atoms with Crippen LogP contribution in [0.5, 0.6) is 5.75 Å². The number of nitro benzene ring substituents is 1. The van der Waals surface area contributed by atoms with E-state index in [1.54, 1.807) is 0 Å². The molecule has 2 heterocycles. The van der Waals surface area contributed by atoms with Gasteiger partial charge in [-0.2, -0.15) is 4.58 Å². The second-order valence-electron chi connectivity index (χ2n) is 18.2. The van der Waals surface area contributed by atoms with Crippen LogP contribution < -0.4 is 9.64 Å². The van der Waals surface area contributed by atoms with Gasteiger partial charge in [-0.1, -0.05) is 62.4 Å². The Morgan fingerprint density at radius 3 is 1.77 bits per heavy atom. The molecular formula is C55H72N3O12S+. The monoisotopic (exact) mass is 998 g/mol. The number of ether oxygens (including phenoxy) is 9. The molecule has 0 fully saturated rings. The maximum atomic E-state index is 11.7. The molecule has 2 aliphatic heterocycles. The molecule has 16 heteroatoms. The third-order valence-electron chi connectivity index (χ3n) is 12.6. The highest BCUT2D eigenvalue weighted by atomic mass is 32.2. The number of hydrogen-bond acceptors (Lipinski definition) is 14. The third-order valence-corrected chi connectivity index (χ3v) is 13.8. The predicted molar refractivity (Wildman–Crippen MR) is 278 cm³/mol. The van der Waals surface area contributed by atoms with Crippen LogP contribution in [0.4, 0.5) is 21.9 Å². The first-order chi connectivity index (χ1) is 34.4. The van der Waals surface area contributed by atoms with Gasteiger partial charge in [-0.3, -0.25) is 10.1 Å². The number of carbonyl (C=O) groups excluding carboxylic acids is 1. The summed E-state index contributed by atoms with van der Waals surface area (Å²) >= 11 is 1.90. The molecule has 0 radical (unpaired) electrons. The molecule has 0 aromatic heterocycles. The van der Waals surface area contributed by atoms with Crippen molar-refractivity contribution in [1.82, 2.24) is 0 Å². The van der Waals surface area contributed by atoms with Crippen LogP contribution in [-0.2, 0) is 48.7 Å². The molecule has 0 atom stereocenters. The van der Waals surface area contributed by atoms with Gasteiger partial charge >= 0.3 is 6.16 Å². The second-order valence-corrected chi connectivity index (χ2v) is 19.3. The van der Waals surface area contributed by atoms with Gasteiger partial charge in [-0.15, -0.1) is 11.8 Å². The molecule has 0 spiro atoms. The number of thioether (sulfide) groups is 1. The van der Waals surface area contributed by atoms with Gasteiger partial charge in [0.2, 0.25) is 5.69 Å². The Morgan fingerprint density at radius 1 is 0.676 bits per heavy atom. The normalized spacial score (nSPS) is 17.2. The SMILES string of the molecule is CN1/C(=C/C=C2\CCCC(/C=C/C3=[N+](C)c4ccccc4C3(C)C)=C2SCCOCCOCCOCCOCCOCCOCCOCCOC(=O)Oc2ccc([N+](=O)[O-])cc2)C(C)(C)c2ccccc21.